The second-order valence-corrected chi connectivity index (χ2v) is 6.08. The Bertz CT molecular complexity index is 620. The van der Waals surface area contributed by atoms with Gasteiger partial charge in [-0.15, -0.1) is 0 Å². The number of hydrogen-bond donors (Lipinski definition) is 2. The molecule has 0 saturated heterocycles. The van der Waals surface area contributed by atoms with Crippen LogP contribution in [0.25, 0.3) is 0 Å². The number of aryl methyl sites for hydroxylation is 1. The zero-order valence-corrected chi connectivity index (χ0v) is 13.5. The summed E-state index contributed by atoms with van der Waals surface area (Å²) in [7, 11) is 0. The summed E-state index contributed by atoms with van der Waals surface area (Å²) in [5.74, 6) is 0.459. The minimum atomic E-state index is -1.13. The number of aliphatic hydroxyl groups is 1. The van der Waals surface area contributed by atoms with Crippen LogP contribution in [0.5, 0.6) is 0 Å². The molecule has 5 nitrogen and oxygen atoms in total. The maximum absolute atomic E-state index is 11.8. The summed E-state index contributed by atoms with van der Waals surface area (Å²) in [4.78, 5) is 11.8. The lowest BCUT2D eigenvalue weighted by Gasteiger charge is -2.24. The third-order valence-electron chi connectivity index (χ3n) is 3.11. The van der Waals surface area contributed by atoms with E-state index < -0.39 is 5.60 Å². The van der Waals surface area contributed by atoms with Crippen molar-refractivity contribution in [3.05, 3.63) is 51.8 Å². The van der Waals surface area contributed by atoms with Crippen molar-refractivity contribution in [1.29, 1.82) is 0 Å². The standard InChI is InChI=1S/C15H17BrN2O3/c1-10-7-13(18-21-10)8-14(19)17-9-15(2,20)11-3-5-12(16)6-4-11/h3-7,20H,8-9H2,1-2H3,(H,17,19). The molecule has 112 valence electrons. The quantitative estimate of drug-likeness (QED) is 0.865. The van der Waals surface area contributed by atoms with Crippen LogP contribution in [-0.2, 0) is 16.8 Å². The van der Waals surface area contributed by atoms with Crippen LogP contribution < -0.4 is 5.32 Å². The van der Waals surface area contributed by atoms with Gasteiger partial charge < -0.3 is 14.9 Å². The van der Waals surface area contributed by atoms with E-state index in [1.165, 1.54) is 0 Å². The lowest BCUT2D eigenvalue weighted by molar-refractivity contribution is -0.121. The number of rotatable bonds is 5. The first-order valence-electron chi connectivity index (χ1n) is 6.54. The third kappa shape index (κ3) is 4.41. The number of hydrogen-bond acceptors (Lipinski definition) is 4. The molecule has 6 heteroatoms. The Morgan fingerprint density at radius 2 is 2.10 bits per heavy atom. The predicted octanol–water partition coefficient (Wildman–Crippen LogP) is 2.31. The summed E-state index contributed by atoms with van der Waals surface area (Å²) in [5, 5.41) is 16.9. The molecule has 0 saturated carbocycles. The Kier molecular flexibility index (Phi) is 4.80. The second-order valence-electron chi connectivity index (χ2n) is 5.16. The molecule has 1 aromatic heterocycles. The van der Waals surface area contributed by atoms with Crippen molar-refractivity contribution in [2.45, 2.75) is 25.9 Å². The van der Waals surface area contributed by atoms with E-state index in [4.69, 9.17) is 4.52 Å². The summed E-state index contributed by atoms with van der Waals surface area (Å²) < 4.78 is 5.84. The number of amides is 1. The highest BCUT2D eigenvalue weighted by molar-refractivity contribution is 9.10. The molecule has 2 aromatic rings. The summed E-state index contributed by atoms with van der Waals surface area (Å²) in [6.45, 7) is 3.56. The predicted molar refractivity (Wildman–Crippen MR) is 81.7 cm³/mol. The molecule has 0 radical (unpaired) electrons. The fourth-order valence-corrected chi connectivity index (χ4v) is 2.17. The molecule has 21 heavy (non-hydrogen) atoms. The smallest absolute Gasteiger partial charge is 0.226 e. The van der Waals surface area contributed by atoms with Gasteiger partial charge in [-0.1, -0.05) is 33.2 Å². The SMILES string of the molecule is Cc1cc(CC(=O)NCC(C)(O)c2ccc(Br)cc2)no1. The van der Waals surface area contributed by atoms with Crippen molar-refractivity contribution in [1.82, 2.24) is 10.5 Å². The Morgan fingerprint density at radius 3 is 2.67 bits per heavy atom. The zero-order valence-electron chi connectivity index (χ0n) is 11.9. The van der Waals surface area contributed by atoms with Crippen LogP contribution in [-0.4, -0.2) is 22.7 Å². The van der Waals surface area contributed by atoms with E-state index in [0.717, 1.165) is 10.0 Å². The average Bonchev–Trinajstić information content (AvgIpc) is 2.82. The van der Waals surface area contributed by atoms with Gasteiger partial charge in [0, 0.05) is 10.5 Å². The van der Waals surface area contributed by atoms with Crippen LogP contribution in [0.2, 0.25) is 0 Å². The molecule has 0 aliphatic carbocycles. The van der Waals surface area contributed by atoms with Gasteiger partial charge in [0.15, 0.2) is 0 Å². The van der Waals surface area contributed by atoms with Crippen molar-refractivity contribution < 1.29 is 14.4 Å². The Balaban J connectivity index is 1.91. The highest BCUT2D eigenvalue weighted by Gasteiger charge is 2.23. The summed E-state index contributed by atoms with van der Waals surface area (Å²) in [6, 6.07) is 9.05. The van der Waals surface area contributed by atoms with Crippen LogP contribution in [0.3, 0.4) is 0 Å². The fraction of sp³-hybridized carbons (Fsp3) is 0.333. The van der Waals surface area contributed by atoms with Gasteiger partial charge in [0.1, 0.15) is 11.4 Å². The van der Waals surface area contributed by atoms with Gasteiger partial charge in [0.25, 0.3) is 0 Å². The van der Waals surface area contributed by atoms with Crippen molar-refractivity contribution in [3.63, 3.8) is 0 Å². The van der Waals surface area contributed by atoms with Crippen LogP contribution in [0.15, 0.2) is 39.3 Å². The lowest BCUT2D eigenvalue weighted by Crippen LogP contribution is -2.39. The Morgan fingerprint density at radius 1 is 1.43 bits per heavy atom. The van der Waals surface area contributed by atoms with Gasteiger partial charge in [-0.2, -0.15) is 0 Å². The summed E-state index contributed by atoms with van der Waals surface area (Å²) >= 11 is 3.35. The molecule has 1 amide bonds. The van der Waals surface area contributed by atoms with Crippen molar-refractivity contribution >= 4 is 21.8 Å². The largest absolute Gasteiger partial charge is 0.384 e. The molecule has 1 unspecified atom stereocenters. The molecule has 0 bridgehead atoms. The number of halogens is 1. The molecular weight excluding hydrogens is 336 g/mol. The minimum absolute atomic E-state index is 0.129. The first-order valence-corrected chi connectivity index (χ1v) is 7.33. The van der Waals surface area contributed by atoms with E-state index in [9.17, 15) is 9.90 Å². The van der Waals surface area contributed by atoms with E-state index in [2.05, 4.69) is 26.4 Å². The van der Waals surface area contributed by atoms with E-state index in [1.807, 2.05) is 24.3 Å². The molecule has 0 spiro atoms. The van der Waals surface area contributed by atoms with Gasteiger partial charge in [0.05, 0.1) is 18.7 Å². The van der Waals surface area contributed by atoms with Gasteiger partial charge >= 0.3 is 0 Å². The highest BCUT2D eigenvalue weighted by atomic mass is 79.9. The number of benzene rings is 1. The highest BCUT2D eigenvalue weighted by Crippen LogP contribution is 2.21. The second kappa shape index (κ2) is 6.41. The maximum Gasteiger partial charge on any atom is 0.226 e. The molecule has 1 atom stereocenters. The zero-order chi connectivity index (χ0) is 15.5. The van der Waals surface area contributed by atoms with Crippen molar-refractivity contribution in [3.8, 4) is 0 Å². The van der Waals surface area contributed by atoms with E-state index in [1.54, 1.807) is 19.9 Å². The molecule has 1 aromatic carbocycles. The number of nitrogens with zero attached hydrogens (tertiary/aromatic N) is 1. The van der Waals surface area contributed by atoms with Gasteiger partial charge in [-0.25, -0.2) is 0 Å². The van der Waals surface area contributed by atoms with Gasteiger partial charge in [-0.05, 0) is 31.5 Å². The minimum Gasteiger partial charge on any atom is -0.384 e. The van der Waals surface area contributed by atoms with Crippen molar-refractivity contribution in [2.24, 2.45) is 0 Å². The van der Waals surface area contributed by atoms with Crippen LogP contribution in [0.4, 0.5) is 0 Å². The Hall–Kier alpha value is -1.66. The van der Waals surface area contributed by atoms with Gasteiger partial charge in [0.2, 0.25) is 5.91 Å². The summed E-state index contributed by atoms with van der Waals surface area (Å²) in [5.41, 5.74) is 0.187. The van der Waals surface area contributed by atoms with E-state index in [0.29, 0.717) is 11.5 Å². The fourth-order valence-electron chi connectivity index (χ4n) is 1.91. The van der Waals surface area contributed by atoms with Crippen LogP contribution in [0, 0.1) is 6.92 Å². The Labute approximate surface area is 131 Å². The lowest BCUT2D eigenvalue weighted by atomic mass is 9.96. The monoisotopic (exact) mass is 352 g/mol. The maximum atomic E-state index is 11.8. The van der Waals surface area contributed by atoms with Crippen LogP contribution >= 0.6 is 15.9 Å². The number of nitrogens with one attached hydrogen (secondary N) is 1. The third-order valence-corrected chi connectivity index (χ3v) is 3.64. The number of carbonyl (C=O) groups is 1. The summed E-state index contributed by atoms with van der Waals surface area (Å²) in [6.07, 6.45) is 0.133. The topological polar surface area (TPSA) is 75.4 Å². The van der Waals surface area contributed by atoms with Crippen molar-refractivity contribution in [2.75, 3.05) is 6.54 Å². The normalized spacial score (nSPS) is 13.7. The number of aromatic nitrogens is 1. The average molecular weight is 353 g/mol. The van der Waals surface area contributed by atoms with E-state index >= 15 is 0 Å². The van der Waals surface area contributed by atoms with Gasteiger partial charge in [-0.3, -0.25) is 4.79 Å². The van der Waals surface area contributed by atoms with E-state index in [-0.39, 0.29) is 18.9 Å². The van der Waals surface area contributed by atoms with Crippen LogP contribution in [0.1, 0.15) is 23.9 Å². The molecule has 0 aliphatic rings. The first kappa shape index (κ1) is 15.7. The molecule has 0 fully saturated rings. The molecule has 2 N–H and O–H groups in total. The molecule has 1 heterocycles. The molecular formula is C15H17BrN2O3. The molecule has 0 aliphatic heterocycles. The first-order chi connectivity index (χ1) is 9.87. The number of carbonyl (C=O) groups excluding carboxylic acids is 1. The molecule has 2 rings (SSSR count).